The van der Waals surface area contributed by atoms with Crippen LogP contribution < -0.4 is 5.32 Å². The highest BCUT2D eigenvalue weighted by molar-refractivity contribution is 7.89. The number of rotatable bonds is 5. The van der Waals surface area contributed by atoms with E-state index in [0.29, 0.717) is 10.4 Å². The maximum Gasteiger partial charge on any atom is 0.246 e. The van der Waals surface area contributed by atoms with Gasteiger partial charge in [0.15, 0.2) is 0 Å². The van der Waals surface area contributed by atoms with E-state index < -0.39 is 39.0 Å². The SMILES string of the molecule is CN(CC(=O)NC1CC1)S(=O)(=O)c1cc(F)ccc1F. The Bertz CT molecular complexity index is 630. The van der Waals surface area contributed by atoms with Crippen LogP contribution in [0.2, 0.25) is 0 Å². The Morgan fingerprint density at radius 3 is 2.65 bits per heavy atom. The van der Waals surface area contributed by atoms with Gasteiger partial charge in [-0.1, -0.05) is 0 Å². The lowest BCUT2D eigenvalue weighted by Crippen LogP contribution is -2.39. The molecule has 5 nitrogen and oxygen atoms in total. The van der Waals surface area contributed by atoms with Gasteiger partial charge >= 0.3 is 0 Å². The number of likely N-dealkylation sites (N-methyl/N-ethyl adjacent to an activating group) is 1. The minimum Gasteiger partial charge on any atom is -0.352 e. The standard InChI is InChI=1S/C12H14F2N2O3S/c1-16(7-12(17)15-9-3-4-9)20(18,19)11-6-8(13)2-5-10(11)14/h2,5-6,9H,3-4,7H2,1H3,(H,15,17). The van der Waals surface area contributed by atoms with E-state index in [4.69, 9.17) is 0 Å². The molecule has 0 saturated heterocycles. The molecule has 1 fully saturated rings. The fourth-order valence-corrected chi connectivity index (χ4v) is 2.83. The van der Waals surface area contributed by atoms with Crippen molar-refractivity contribution in [3.8, 4) is 0 Å². The zero-order chi connectivity index (χ0) is 14.9. The van der Waals surface area contributed by atoms with Crippen LogP contribution in [0.1, 0.15) is 12.8 Å². The molecular weight excluding hydrogens is 290 g/mol. The number of hydrogen-bond acceptors (Lipinski definition) is 3. The van der Waals surface area contributed by atoms with E-state index in [-0.39, 0.29) is 6.04 Å². The number of carbonyl (C=O) groups excluding carboxylic acids is 1. The van der Waals surface area contributed by atoms with Crippen molar-refractivity contribution >= 4 is 15.9 Å². The summed E-state index contributed by atoms with van der Waals surface area (Å²) in [6.45, 7) is -0.436. The molecule has 1 aromatic carbocycles. The second kappa shape index (κ2) is 5.45. The highest BCUT2D eigenvalue weighted by Crippen LogP contribution is 2.20. The van der Waals surface area contributed by atoms with E-state index in [0.717, 1.165) is 32.0 Å². The van der Waals surface area contributed by atoms with Crippen LogP contribution in [0.5, 0.6) is 0 Å². The number of sulfonamides is 1. The highest BCUT2D eigenvalue weighted by atomic mass is 32.2. The number of nitrogens with one attached hydrogen (secondary N) is 1. The van der Waals surface area contributed by atoms with Crippen LogP contribution in [0.15, 0.2) is 23.1 Å². The first-order valence-corrected chi connectivity index (χ1v) is 7.45. The number of carbonyl (C=O) groups is 1. The van der Waals surface area contributed by atoms with E-state index in [1.807, 2.05) is 0 Å². The molecule has 1 aliphatic carbocycles. The van der Waals surface area contributed by atoms with Gasteiger partial charge in [-0.25, -0.2) is 17.2 Å². The van der Waals surface area contributed by atoms with Gasteiger partial charge in [-0.2, -0.15) is 4.31 Å². The van der Waals surface area contributed by atoms with Crippen molar-refractivity contribution in [1.82, 2.24) is 9.62 Å². The monoisotopic (exact) mass is 304 g/mol. The molecule has 0 radical (unpaired) electrons. The Kier molecular flexibility index (Phi) is 4.05. The fourth-order valence-electron chi connectivity index (χ4n) is 1.63. The topological polar surface area (TPSA) is 66.5 Å². The molecule has 1 aromatic rings. The zero-order valence-electron chi connectivity index (χ0n) is 10.8. The number of nitrogens with zero attached hydrogens (tertiary/aromatic N) is 1. The lowest BCUT2D eigenvalue weighted by Gasteiger charge is -2.17. The molecule has 1 amide bonds. The summed E-state index contributed by atoms with van der Waals surface area (Å²) in [4.78, 5) is 10.8. The largest absolute Gasteiger partial charge is 0.352 e. The maximum atomic E-state index is 13.5. The molecule has 110 valence electrons. The van der Waals surface area contributed by atoms with Gasteiger partial charge in [0.25, 0.3) is 0 Å². The quantitative estimate of drug-likeness (QED) is 0.877. The Morgan fingerprint density at radius 1 is 1.40 bits per heavy atom. The summed E-state index contributed by atoms with van der Waals surface area (Å²) in [5.74, 6) is -2.38. The van der Waals surface area contributed by atoms with Crippen molar-refractivity contribution in [1.29, 1.82) is 0 Å². The lowest BCUT2D eigenvalue weighted by molar-refractivity contribution is -0.121. The van der Waals surface area contributed by atoms with Crippen LogP contribution in [0.3, 0.4) is 0 Å². The van der Waals surface area contributed by atoms with Crippen molar-refractivity contribution < 1.29 is 22.0 Å². The van der Waals surface area contributed by atoms with Crippen LogP contribution >= 0.6 is 0 Å². The van der Waals surface area contributed by atoms with Crippen LogP contribution in [-0.4, -0.2) is 38.3 Å². The minimum absolute atomic E-state index is 0.101. The maximum absolute atomic E-state index is 13.5. The molecule has 2 rings (SSSR count). The minimum atomic E-state index is -4.25. The van der Waals surface area contributed by atoms with E-state index in [1.54, 1.807) is 0 Å². The van der Waals surface area contributed by atoms with E-state index in [2.05, 4.69) is 5.32 Å². The van der Waals surface area contributed by atoms with Gasteiger partial charge in [0, 0.05) is 13.1 Å². The average molecular weight is 304 g/mol. The van der Waals surface area contributed by atoms with Gasteiger partial charge in [-0.05, 0) is 31.0 Å². The third kappa shape index (κ3) is 3.31. The number of benzene rings is 1. The smallest absolute Gasteiger partial charge is 0.246 e. The van der Waals surface area contributed by atoms with E-state index in [9.17, 15) is 22.0 Å². The molecule has 0 aromatic heterocycles. The summed E-state index contributed by atoms with van der Waals surface area (Å²) in [5.41, 5.74) is 0. The fraction of sp³-hybridized carbons (Fsp3) is 0.417. The van der Waals surface area contributed by atoms with Crippen LogP contribution in [-0.2, 0) is 14.8 Å². The van der Waals surface area contributed by atoms with Crippen LogP contribution in [0.25, 0.3) is 0 Å². The molecule has 0 heterocycles. The second-order valence-electron chi connectivity index (χ2n) is 4.68. The van der Waals surface area contributed by atoms with Gasteiger partial charge in [0.1, 0.15) is 16.5 Å². The molecule has 1 N–H and O–H groups in total. The Labute approximate surface area is 115 Å². The van der Waals surface area contributed by atoms with Crippen molar-refractivity contribution in [2.24, 2.45) is 0 Å². The van der Waals surface area contributed by atoms with Crippen LogP contribution in [0.4, 0.5) is 8.78 Å². The predicted octanol–water partition coefficient (Wildman–Crippen LogP) is 0.864. The van der Waals surface area contributed by atoms with Gasteiger partial charge < -0.3 is 5.32 Å². The summed E-state index contributed by atoms with van der Waals surface area (Å²) >= 11 is 0. The third-order valence-corrected chi connectivity index (χ3v) is 4.71. The lowest BCUT2D eigenvalue weighted by atomic mass is 10.3. The Morgan fingerprint density at radius 2 is 2.05 bits per heavy atom. The molecule has 8 heteroatoms. The molecule has 0 spiro atoms. The number of amides is 1. The first-order chi connectivity index (χ1) is 9.30. The van der Waals surface area contributed by atoms with Gasteiger partial charge in [-0.15, -0.1) is 0 Å². The van der Waals surface area contributed by atoms with Gasteiger partial charge in [0.2, 0.25) is 15.9 Å². The molecule has 1 aliphatic rings. The van der Waals surface area contributed by atoms with Crippen molar-refractivity contribution in [2.45, 2.75) is 23.8 Å². The molecular formula is C12H14F2N2O3S. The molecule has 0 atom stereocenters. The van der Waals surface area contributed by atoms with E-state index >= 15 is 0 Å². The summed E-state index contributed by atoms with van der Waals surface area (Å²) in [6.07, 6.45) is 1.75. The van der Waals surface area contributed by atoms with Crippen molar-refractivity contribution in [3.63, 3.8) is 0 Å². The first-order valence-electron chi connectivity index (χ1n) is 6.01. The summed E-state index contributed by atoms with van der Waals surface area (Å²) in [6, 6.07) is 2.26. The Hall–Kier alpha value is -1.54. The highest BCUT2D eigenvalue weighted by Gasteiger charge is 2.29. The summed E-state index contributed by atoms with van der Waals surface area (Å²) in [5, 5.41) is 2.62. The molecule has 20 heavy (non-hydrogen) atoms. The molecule has 0 unspecified atom stereocenters. The average Bonchev–Trinajstić information content (AvgIpc) is 3.15. The molecule has 1 saturated carbocycles. The Balaban J connectivity index is 2.15. The van der Waals surface area contributed by atoms with Crippen molar-refractivity contribution in [3.05, 3.63) is 29.8 Å². The number of halogens is 2. The first kappa shape index (κ1) is 14.9. The van der Waals surface area contributed by atoms with Gasteiger partial charge in [0.05, 0.1) is 6.54 Å². The number of hydrogen-bond donors (Lipinski definition) is 1. The van der Waals surface area contributed by atoms with Gasteiger partial charge in [-0.3, -0.25) is 4.79 Å². The normalized spacial score (nSPS) is 15.4. The third-order valence-electron chi connectivity index (χ3n) is 2.89. The van der Waals surface area contributed by atoms with Crippen LogP contribution in [0, 0.1) is 11.6 Å². The van der Waals surface area contributed by atoms with E-state index in [1.165, 1.54) is 0 Å². The summed E-state index contributed by atoms with van der Waals surface area (Å²) in [7, 11) is -3.10. The summed E-state index contributed by atoms with van der Waals surface area (Å²) < 4.78 is 51.4. The predicted molar refractivity (Wildman–Crippen MR) is 67.3 cm³/mol. The molecule has 0 aliphatic heterocycles. The second-order valence-corrected chi connectivity index (χ2v) is 6.69. The zero-order valence-corrected chi connectivity index (χ0v) is 11.6. The molecule has 0 bridgehead atoms. The van der Waals surface area contributed by atoms with Crippen molar-refractivity contribution in [2.75, 3.05) is 13.6 Å².